The molecule has 2 heterocycles. The number of H-pyrrole nitrogens is 1. The van der Waals surface area contributed by atoms with E-state index in [0.29, 0.717) is 36.6 Å². The van der Waals surface area contributed by atoms with Gasteiger partial charge in [0, 0.05) is 18.5 Å². The predicted octanol–water partition coefficient (Wildman–Crippen LogP) is 5.36. The second kappa shape index (κ2) is 12.5. The van der Waals surface area contributed by atoms with E-state index in [1.54, 1.807) is 20.8 Å². The van der Waals surface area contributed by atoms with E-state index in [9.17, 15) is 9.59 Å². The fourth-order valence-corrected chi connectivity index (χ4v) is 4.28. The maximum Gasteiger partial charge on any atom is 0.511 e. The zero-order chi connectivity index (χ0) is 28.7. The van der Waals surface area contributed by atoms with E-state index in [0.717, 1.165) is 34.5 Å². The highest BCUT2D eigenvalue weighted by molar-refractivity contribution is 5.89. The fraction of sp³-hybridized carbons (Fsp3) is 0.379. The van der Waals surface area contributed by atoms with Crippen molar-refractivity contribution in [3.05, 3.63) is 71.3 Å². The number of benzene rings is 2. The molecule has 11 heteroatoms. The Hall–Kier alpha value is -4.54. The molecule has 0 amide bonds. The van der Waals surface area contributed by atoms with Gasteiger partial charge in [-0.15, -0.1) is 5.10 Å². The van der Waals surface area contributed by atoms with Gasteiger partial charge < -0.3 is 18.8 Å². The highest BCUT2D eigenvalue weighted by Gasteiger charge is 2.24. The van der Waals surface area contributed by atoms with Crippen LogP contribution in [0.2, 0.25) is 0 Å². The van der Waals surface area contributed by atoms with E-state index in [1.807, 2.05) is 60.0 Å². The standard InChI is InChI=1S/C29H34N6O5/c1-6-10-24-30-23(7-2)25(27(36)38-18-39-28(37)40-29(3,4)5)35(24)17-19-13-15-20(16-14-19)21-11-8-9-12-22(21)26-31-33-34-32-26/h8-9,11-16H,6-7,10,17-18H2,1-5H3,(H,31,32,33,34). The van der Waals surface area contributed by atoms with Crippen molar-refractivity contribution in [2.45, 2.75) is 66.0 Å². The third kappa shape index (κ3) is 6.90. The van der Waals surface area contributed by atoms with Gasteiger partial charge in [-0.1, -0.05) is 62.4 Å². The average molecular weight is 547 g/mol. The van der Waals surface area contributed by atoms with Crippen LogP contribution in [-0.4, -0.2) is 54.7 Å². The number of hydrogen-bond acceptors (Lipinski definition) is 9. The number of nitrogens with zero attached hydrogens (tertiary/aromatic N) is 5. The Balaban J connectivity index is 1.56. The third-order valence-corrected chi connectivity index (χ3v) is 6.01. The zero-order valence-corrected chi connectivity index (χ0v) is 23.4. The average Bonchev–Trinajstić information content (AvgIpc) is 3.57. The summed E-state index contributed by atoms with van der Waals surface area (Å²) in [5, 5.41) is 14.3. The molecule has 2 aromatic carbocycles. The molecular formula is C29H34N6O5. The Labute approximate surface area is 232 Å². The SMILES string of the molecule is CCCc1nc(CC)c(C(=O)OCOC(=O)OC(C)(C)C)n1Cc1ccc(-c2ccccc2-c2nnn[nH]2)cc1. The highest BCUT2D eigenvalue weighted by Crippen LogP contribution is 2.30. The lowest BCUT2D eigenvalue weighted by Crippen LogP contribution is -2.25. The molecule has 11 nitrogen and oxygen atoms in total. The van der Waals surface area contributed by atoms with E-state index in [4.69, 9.17) is 19.2 Å². The lowest BCUT2D eigenvalue weighted by Gasteiger charge is -2.18. The number of nitrogens with one attached hydrogen (secondary N) is 1. The number of rotatable bonds is 10. The molecule has 0 saturated carbocycles. The molecule has 0 fully saturated rings. The molecule has 0 aliphatic rings. The molecule has 4 aromatic rings. The molecule has 4 rings (SSSR count). The van der Waals surface area contributed by atoms with Crippen LogP contribution < -0.4 is 0 Å². The molecule has 0 bridgehead atoms. The minimum Gasteiger partial charge on any atom is -0.428 e. The van der Waals surface area contributed by atoms with Crippen molar-refractivity contribution in [3.63, 3.8) is 0 Å². The lowest BCUT2D eigenvalue weighted by molar-refractivity contribution is -0.0528. The topological polar surface area (TPSA) is 134 Å². The number of aryl methyl sites for hydroxylation is 2. The summed E-state index contributed by atoms with van der Waals surface area (Å²) in [6.07, 6.45) is 1.21. The molecule has 0 unspecified atom stereocenters. The number of esters is 1. The highest BCUT2D eigenvalue weighted by atomic mass is 16.8. The summed E-state index contributed by atoms with van der Waals surface area (Å²) in [6.45, 7) is 9.04. The van der Waals surface area contributed by atoms with Crippen molar-refractivity contribution in [1.29, 1.82) is 0 Å². The van der Waals surface area contributed by atoms with Crippen LogP contribution in [0.25, 0.3) is 22.5 Å². The molecule has 0 aliphatic heterocycles. The minimum absolute atomic E-state index is 0.353. The van der Waals surface area contributed by atoms with Crippen molar-refractivity contribution in [3.8, 4) is 22.5 Å². The first-order chi connectivity index (χ1) is 19.2. The summed E-state index contributed by atoms with van der Waals surface area (Å²) in [5.74, 6) is 0.779. The lowest BCUT2D eigenvalue weighted by atomic mass is 9.98. The summed E-state index contributed by atoms with van der Waals surface area (Å²) < 4.78 is 17.2. The molecule has 0 spiro atoms. The smallest absolute Gasteiger partial charge is 0.428 e. The van der Waals surface area contributed by atoms with Gasteiger partial charge in [0.05, 0.1) is 5.69 Å². The van der Waals surface area contributed by atoms with Gasteiger partial charge in [-0.2, -0.15) is 0 Å². The summed E-state index contributed by atoms with van der Waals surface area (Å²) in [7, 11) is 0. The van der Waals surface area contributed by atoms with Crippen LogP contribution >= 0.6 is 0 Å². The molecule has 2 aromatic heterocycles. The molecule has 0 atom stereocenters. The van der Waals surface area contributed by atoms with Gasteiger partial charge in [0.1, 0.15) is 11.4 Å². The van der Waals surface area contributed by atoms with E-state index in [-0.39, 0.29) is 0 Å². The van der Waals surface area contributed by atoms with Gasteiger partial charge >= 0.3 is 12.1 Å². The van der Waals surface area contributed by atoms with Crippen molar-refractivity contribution < 1.29 is 23.8 Å². The Morgan fingerprint density at radius 1 is 0.975 bits per heavy atom. The largest absolute Gasteiger partial charge is 0.511 e. The van der Waals surface area contributed by atoms with Crippen LogP contribution in [0.15, 0.2) is 48.5 Å². The molecule has 40 heavy (non-hydrogen) atoms. The minimum atomic E-state index is -0.905. The van der Waals surface area contributed by atoms with E-state index < -0.39 is 24.5 Å². The van der Waals surface area contributed by atoms with Gasteiger partial charge in [-0.05, 0) is 60.7 Å². The number of hydrogen-bond donors (Lipinski definition) is 1. The van der Waals surface area contributed by atoms with Gasteiger partial charge in [0.15, 0.2) is 11.5 Å². The van der Waals surface area contributed by atoms with Gasteiger partial charge in [-0.25, -0.2) is 19.7 Å². The summed E-state index contributed by atoms with van der Waals surface area (Å²) in [5.41, 5.74) is 4.15. The molecule has 0 saturated heterocycles. The maximum absolute atomic E-state index is 13.2. The van der Waals surface area contributed by atoms with Crippen molar-refractivity contribution in [2.24, 2.45) is 0 Å². The van der Waals surface area contributed by atoms with Gasteiger partial charge in [0.2, 0.25) is 6.79 Å². The first kappa shape index (κ1) is 28.5. The summed E-state index contributed by atoms with van der Waals surface area (Å²) >= 11 is 0. The number of aromatic amines is 1. The number of ether oxygens (including phenoxy) is 3. The molecular weight excluding hydrogens is 512 g/mol. The quantitative estimate of drug-likeness (QED) is 0.206. The van der Waals surface area contributed by atoms with Crippen LogP contribution in [0.1, 0.15) is 68.6 Å². The number of carbonyl (C=O) groups is 2. The predicted molar refractivity (Wildman–Crippen MR) is 147 cm³/mol. The van der Waals surface area contributed by atoms with Crippen LogP contribution in [0, 0.1) is 0 Å². The van der Waals surface area contributed by atoms with Crippen molar-refractivity contribution in [1.82, 2.24) is 30.2 Å². The van der Waals surface area contributed by atoms with Crippen LogP contribution in [0.5, 0.6) is 0 Å². The fourth-order valence-electron chi connectivity index (χ4n) is 4.28. The third-order valence-electron chi connectivity index (χ3n) is 6.01. The Morgan fingerprint density at radius 2 is 1.70 bits per heavy atom. The van der Waals surface area contributed by atoms with Gasteiger partial charge in [-0.3, -0.25) is 0 Å². The van der Waals surface area contributed by atoms with E-state index >= 15 is 0 Å². The maximum atomic E-state index is 13.2. The van der Waals surface area contributed by atoms with Crippen LogP contribution in [0.4, 0.5) is 4.79 Å². The molecule has 0 radical (unpaired) electrons. The van der Waals surface area contributed by atoms with Crippen LogP contribution in [-0.2, 0) is 33.6 Å². The first-order valence-corrected chi connectivity index (χ1v) is 13.2. The number of aromatic nitrogens is 6. The Morgan fingerprint density at radius 3 is 2.33 bits per heavy atom. The second-order valence-corrected chi connectivity index (χ2v) is 10.2. The molecule has 0 aliphatic carbocycles. The first-order valence-electron chi connectivity index (χ1n) is 13.2. The Kier molecular flexibility index (Phi) is 8.93. The van der Waals surface area contributed by atoms with E-state index in [2.05, 4.69) is 27.5 Å². The number of carbonyl (C=O) groups excluding carboxylic acids is 2. The monoisotopic (exact) mass is 546 g/mol. The molecule has 210 valence electrons. The summed E-state index contributed by atoms with van der Waals surface area (Å²) in [6, 6.07) is 16.0. The number of imidazole rings is 1. The second-order valence-electron chi connectivity index (χ2n) is 10.2. The van der Waals surface area contributed by atoms with Crippen molar-refractivity contribution >= 4 is 12.1 Å². The number of tetrazole rings is 1. The normalized spacial score (nSPS) is 11.3. The Bertz CT molecular complexity index is 1440. The van der Waals surface area contributed by atoms with Gasteiger partial charge in [0.25, 0.3) is 0 Å². The van der Waals surface area contributed by atoms with E-state index in [1.165, 1.54) is 0 Å². The van der Waals surface area contributed by atoms with Crippen molar-refractivity contribution in [2.75, 3.05) is 6.79 Å². The zero-order valence-electron chi connectivity index (χ0n) is 23.4. The summed E-state index contributed by atoms with van der Waals surface area (Å²) in [4.78, 5) is 29.8. The molecule has 1 N–H and O–H groups in total. The van der Waals surface area contributed by atoms with Crippen LogP contribution in [0.3, 0.4) is 0 Å².